The summed E-state index contributed by atoms with van der Waals surface area (Å²) in [7, 11) is 0. The van der Waals surface area contributed by atoms with Crippen molar-refractivity contribution >= 4 is 17.4 Å². The van der Waals surface area contributed by atoms with Crippen LogP contribution in [0.15, 0.2) is 22.8 Å². The summed E-state index contributed by atoms with van der Waals surface area (Å²) >= 11 is 6.23. The van der Waals surface area contributed by atoms with Crippen LogP contribution in [-0.4, -0.2) is 47.4 Å². The van der Waals surface area contributed by atoms with Gasteiger partial charge in [0.25, 0.3) is 0 Å². The van der Waals surface area contributed by atoms with Crippen molar-refractivity contribution in [1.29, 1.82) is 0 Å². The molecular formula is C30H44ClNO2. The average Bonchev–Trinajstić information content (AvgIpc) is 3.25. The van der Waals surface area contributed by atoms with Gasteiger partial charge < -0.3 is 4.74 Å². The maximum Gasteiger partial charge on any atom is 0.155 e. The monoisotopic (exact) mass is 485 g/mol. The Bertz CT molecular complexity index is 925. The molecule has 6 aliphatic rings. The predicted octanol–water partition coefficient (Wildman–Crippen LogP) is 6.55. The van der Waals surface area contributed by atoms with Crippen molar-refractivity contribution in [3.05, 3.63) is 22.8 Å². The average molecular weight is 486 g/mol. The van der Waals surface area contributed by atoms with Crippen molar-refractivity contribution in [1.82, 2.24) is 4.90 Å². The topological polar surface area (TPSA) is 29.5 Å². The summed E-state index contributed by atoms with van der Waals surface area (Å²) in [5, 5.41) is 0. The molecule has 9 atom stereocenters. The van der Waals surface area contributed by atoms with E-state index in [-0.39, 0.29) is 11.0 Å². The molecule has 6 rings (SSSR count). The van der Waals surface area contributed by atoms with Gasteiger partial charge in [-0.1, -0.05) is 37.5 Å². The van der Waals surface area contributed by atoms with Crippen LogP contribution in [0, 0.1) is 35.0 Å². The molecule has 2 saturated heterocycles. The van der Waals surface area contributed by atoms with Crippen molar-refractivity contribution < 1.29 is 9.53 Å². The van der Waals surface area contributed by atoms with Gasteiger partial charge in [-0.15, -0.1) is 11.6 Å². The number of likely N-dealkylation sites (tertiary alicyclic amines) is 1. The van der Waals surface area contributed by atoms with Crippen LogP contribution in [0.5, 0.6) is 0 Å². The van der Waals surface area contributed by atoms with Gasteiger partial charge in [-0.25, -0.2) is 0 Å². The molecule has 0 aromatic carbocycles. The Labute approximate surface area is 211 Å². The molecule has 2 heterocycles. The number of carbonyl (C=O) groups excluding carboxylic acids is 1. The zero-order valence-corrected chi connectivity index (χ0v) is 22.5. The number of piperidine rings is 1. The lowest BCUT2D eigenvalue weighted by Gasteiger charge is -2.48. The molecule has 0 aromatic rings. The summed E-state index contributed by atoms with van der Waals surface area (Å²) in [5.74, 6) is 4.57. The number of nitrogens with zero attached hydrogens (tertiary/aromatic N) is 1. The Morgan fingerprint density at radius 1 is 1.21 bits per heavy atom. The number of hydrogen-bond donors (Lipinski definition) is 0. The van der Waals surface area contributed by atoms with Crippen LogP contribution in [0.25, 0.3) is 0 Å². The first-order valence-electron chi connectivity index (χ1n) is 14.2. The van der Waals surface area contributed by atoms with Crippen molar-refractivity contribution in [3.8, 4) is 0 Å². The van der Waals surface area contributed by atoms with Crippen LogP contribution in [0.4, 0.5) is 0 Å². The molecule has 34 heavy (non-hydrogen) atoms. The first kappa shape index (κ1) is 23.7. The van der Waals surface area contributed by atoms with Gasteiger partial charge in [-0.05, 0) is 93.5 Å². The lowest BCUT2D eigenvalue weighted by Crippen LogP contribution is -2.52. The minimum atomic E-state index is 0.00175. The van der Waals surface area contributed by atoms with Crippen LogP contribution in [0.1, 0.15) is 85.5 Å². The molecular weight excluding hydrogens is 442 g/mol. The number of hydrogen-bond acceptors (Lipinski definition) is 3. The summed E-state index contributed by atoms with van der Waals surface area (Å²) in [6, 6.07) is 0.527. The van der Waals surface area contributed by atoms with E-state index in [9.17, 15) is 4.79 Å². The van der Waals surface area contributed by atoms with E-state index in [1.165, 1.54) is 44.2 Å². The number of halogens is 1. The number of alkyl halides is 1. The molecule has 0 bridgehead atoms. The highest BCUT2D eigenvalue weighted by molar-refractivity contribution is 6.18. The third-order valence-electron chi connectivity index (χ3n) is 11.5. The van der Waals surface area contributed by atoms with Crippen molar-refractivity contribution in [2.24, 2.45) is 35.0 Å². The lowest BCUT2D eigenvalue weighted by molar-refractivity contribution is -0.116. The summed E-state index contributed by atoms with van der Waals surface area (Å²) in [4.78, 5) is 14.8. The van der Waals surface area contributed by atoms with Crippen LogP contribution in [-0.2, 0) is 9.53 Å². The molecule has 0 radical (unpaired) electrons. The fourth-order valence-electron chi connectivity index (χ4n) is 9.87. The summed E-state index contributed by atoms with van der Waals surface area (Å²) in [6.45, 7) is 12.0. The summed E-state index contributed by atoms with van der Waals surface area (Å²) in [5.41, 5.74) is 5.14. The molecule has 4 heteroatoms. The fraction of sp³-hybridized carbons (Fsp3) is 0.833. The highest BCUT2D eigenvalue weighted by Crippen LogP contribution is 2.64. The smallest absolute Gasteiger partial charge is 0.155 e. The highest BCUT2D eigenvalue weighted by atomic mass is 35.5. The largest absolute Gasteiger partial charge is 0.369 e. The summed E-state index contributed by atoms with van der Waals surface area (Å²) in [6.07, 6.45) is 12.7. The Balaban J connectivity index is 1.29. The highest BCUT2D eigenvalue weighted by Gasteiger charge is 2.59. The van der Waals surface area contributed by atoms with E-state index in [4.69, 9.17) is 16.3 Å². The normalized spacial score (nSPS) is 48.8. The second-order valence-electron chi connectivity index (χ2n) is 13.2. The van der Waals surface area contributed by atoms with E-state index in [0.717, 1.165) is 50.0 Å². The molecule has 2 saturated carbocycles. The number of carbonyl (C=O) groups is 1. The predicted molar refractivity (Wildman–Crippen MR) is 138 cm³/mol. The number of allylic oxidation sites excluding steroid dienone is 3. The Hall–Kier alpha value is -0.640. The SMILES string of the molecule is CC1=C2C[C@H]3C(CCC4=CC(=O)CCC43C)[C@@H]2CCC2(C1)O[C@@H]1CC(C)CN(CCCl)[C@H]1[C@H]2C. The molecule has 0 N–H and O–H groups in total. The van der Waals surface area contributed by atoms with Gasteiger partial charge in [0.05, 0.1) is 11.7 Å². The number of rotatable bonds is 2. The zero-order chi connectivity index (χ0) is 23.8. The molecule has 4 unspecified atom stereocenters. The van der Waals surface area contributed by atoms with Crippen LogP contribution >= 0.6 is 11.6 Å². The van der Waals surface area contributed by atoms with Gasteiger partial charge in [0.1, 0.15) is 0 Å². The standard InChI is InChI=1S/C30H44ClNO2/c1-18-13-27-28(32(17-18)12-11-31)20(3)30(34-27)10-8-23-24-6-5-21-14-22(33)7-9-29(21,4)26(24)15-25(23)19(2)16-30/h14,18,20,23-24,26-28H,5-13,15-17H2,1-4H3/t18?,20-,23+,24?,26+,27-,28+,29?,30?/m1/s1. The first-order valence-corrected chi connectivity index (χ1v) is 14.7. The molecule has 188 valence electrons. The van der Waals surface area contributed by atoms with E-state index in [1.807, 2.05) is 6.08 Å². The van der Waals surface area contributed by atoms with Gasteiger partial charge in [-0.3, -0.25) is 9.69 Å². The minimum absolute atomic E-state index is 0.00175. The van der Waals surface area contributed by atoms with Gasteiger partial charge in [0.15, 0.2) is 5.78 Å². The number of fused-ring (bicyclic) bond motifs is 6. The second-order valence-corrected chi connectivity index (χ2v) is 13.6. The van der Waals surface area contributed by atoms with Crippen molar-refractivity contribution in [3.63, 3.8) is 0 Å². The third kappa shape index (κ3) is 3.46. The minimum Gasteiger partial charge on any atom is -0.369 e. The Morgan fingerprint density at radius 3 is 2.82 bits per heavy atom. The van der Waals surface area contributed by atoms with E-state index >= 15 is 0 Å². The maximum absolute atomic E-state index is 12.2. The fourth-order valence-corrected chi connectivity index (χ4v) is 10.1. The van der Waals surface area contributed by atoms with Gasteiger partial charge in [0.2, 0.25) is 0 Å². The zero-order valence-electron chi connectivity index (χ0n) is 21.7. The van der Waals surface area contributed by atoms with Crippen LogP contribution in [0.2, 0.25) is 0 Å². The molecule has 3 nitrogen and oxygen atoms in total. The van der Waals surface area contributed by atoms with Crippen molar-refractivity contribution in [2.45, 2.75) is 103 Å². The Kier molecular flexibility index (Phi) is 5.90. The quantitative estimate of drug-likeness (QED) is 0.328. The number of ketones is 1. The van der Waals surface area contributed by atoms with E-state index in [1.54, 1.807) is 11.1 Å². The van der Waals surface area contributed by atoms with Crippen LogP contribution in [0.3, 0.4) is 0 Å². The molecule has 0 amide bonds. The van der Waals surface area contributed by atoms with Gasteiger partial charge in [0, 0.05) is 37.4 Å². The summed E-state index contributed by atoms with van der Waals surface area (Å²) < 4.78 is 7.16. The van der Waals surface area contributed by atoms with E-state index in [2.05, 4.69) is 32.6 Å². The maximum atomic E-state index is 12.2. The molecule has 2 aliphatic heterocycles. The first-order chi connectivity index (χ1) is 16.3. The lowest BCUT2D eigenvalue weighted by atomic mass is 9.56. The van der Waals surface area contributed by atoms with Gasteiger partial charge in [-0.2, -0.15) is 0 Å². The van der Waals surface area contributed by atoms with Crippen molar-refractivity contribution in [2.75, 3.05) is 19.0 Å². The molecule has 4 aliphatic carbocycles. The Morgan fingerprint density at radius 2 is 2.03 bits per heavy atom. The third-order valence-corrected chi connectivity index (χ3v) is 11.7. The number of ether oxygens (including phenoxy) is 1. The molecule has 4 fully saturated rings. The van der Waals surface area contributed by atoms with Gasteiger partial charge >= 0.3 is 0 Å². The molecule has 0 aromatic heterocycles. The van der Waals surface area contributed by atoms with E-state index in [0.29, 0.717) is 35.6 Å². The van der Waals surface area contributed by atoms with E-state index < -0.39 is 0 Å². The molecule has 1 spiro atoms. The second kappa shape index (κ2) is 8.45. The van der Waals surface area contributed by atoms with Crippen LogP contribution < -0.4 is 0 Å².